The molecule has 1 aliphatic rings. The Morgan fingerprint density at radius 1 is 1.39 bits per heavy atom. The summed E-state index contributed by atoms with van der Waals surface area (Å²) < 4.78 is 2.19. The summed E-state index contributed by atoms with van der Waals surface area (Å²) in [6.45, 7) is 7.43. The van der Waals surface area contributed by atoms with E-state index in [0.29, 0.717) is 6.54 Å². The van der Waals surface area contributed by atoms with E-state index in [1.165, 1.54) is 10.4 Å². The van der Waals surface area contributed by atoms with Gasteiger partial charge in [-0.05, 0) is 37.3 Å². The zero-order valence-electron chi connectivity index (χ0n) is 13.5. The Bertz CT molecular complexity index is 663. The van der Waals surface area contributed by atoms with Gasteiger partial charge in [0.25, 0.3) is 0 Å². The van der Waals surface area contributed by atoms with E-state index in [1.807, 2.05) is 0 Å². The number of aryl methyl sites for hydroxylation is 2. The maximum Gasteiger partial charge on any atom is 0.191 e. The van der Waals surface area contributed by atoms with Crippen molar-refractivity contribution in [3.8, 4) is 0 Å². The summed E-state index contributed by atoms with van der Waals surface area (Å²) in [6.07, 6.45) is 2.20. The molecule has 0 spiro atoms. The third-order valence-corrected chi connectivity index (χ3v) is 4.82. The first-order valence-electron chi connectivity index (χ1n) is 7.74. The standard InChI is InChI=1S/C15H22N6S.HI/c1-3-16-15(17-9-12-11(2)6-8-22-12)18-10-14-20-19-13-5-4-7-21(13)14;/h6,8H,3-5,7,9-10H2,1-2H3,(H2,16,17,18);1H. The number of hydrogen-bond donors (Lipinski definition) is 2. The van der Waals surface area contributed by atoms with Gasteiger partial charge in [-0.2, -0.15) is 0 Å². The van der Waals surface area contributed by atoms with Gasteiger partial charge in [0.15, 0.2) is 11.8 Å². The fourth-order valence-electron chi connectivity index (χ4n) is 2.57. The molecule has 3 heterocycles. The first-order chi connectivity index (χ1) is 10.8. The highest BCUT2D eigenvalue weighted by atomic mass is 127. The lowest BCUT2D eigenvalue weighted by Crippen LogP contribution is -2.36. The molecule has 0 bridgehead atoms. The lowest BCUT2D eigenvalue weighted by Gasteiger charge is -2.11. The van der Waals surface area contributed by atoms with Crippen LogP contribution in [0.1, 0.15) is 35.4 Å². The van der Waals surface area contributed by atoms with Gasteiger partial charge >= 0.3 is 0 Å². The van der Waals surface area contributed by atoms with Crippen molar-refractivity contribution in [1.29, 1.82) is 0 Å². The minimum atomic E-state index is 0. The molecule has 3 rings (SSSR count). The van der Waals surface area contributed by atoms with E-state index in [2.05, 4.69) is 55.7 Å². The molecule has 6 nitrogen and oxygen atoms in total. The Morgan fingerprint density at radius 2 is 2.26 bits per heavy atom. The van der Waals surface area contributed by atoms with E-state index in [-0.39, 0.29) is 24.0 Å². The highest BCUT2D eigenvalue weighted by Crippen LogP contribution is 2.15. The normalized spacial score (nSPS) is 13.6. The molecule has 2 aromatic heterocycles. The Kier molecular flexibility index (Phi) is 6.82. The number of nitrogens with one attached hydrogen (secondary N) is 2. The van der Waals surface area contributed by atoms with Gasteiger partial charge in [0.2, 0.25) is 0 Å². The first kappa shape index (κ1) is 18.2. The van der Waals surface area contributed by atoms with Crippen molar-refractivity contribution >= 4 is 41.3 Å². The van der Waals surface area contributed by atoms with Crippen LogP contribution in [0.25, 0.3) is 0 Å². The fourth-order valence-corrected chi connectivity index (χ4v) is 3.41. The van der Waals surface area contributed by atoms with Gasteiger partial charge in [0.05, 0.1) is 6.54 Å². The van der Waals surface area contributed by atoms with Crippen LogP contribution in [-0.4, -0.2) is 27.3 Å². The van der Waals surface area contributed by atoms with Crippen LogP contribution in [0.15, 0.2) is 16.4 Å². The largest absolute Gasteiger partial charge is 0.357 e. The molecule has 8 heteroatoms. The minimum Gasteiger partial charge on any atom is -0.357 e. The summed E-state index contributed by atoms with van der Waals surface area (Å²) in [5.74, 6) is 2.88. The number of guanidine groups is 1. The zero-order valence-corrected chi connectivity index (χ0v) is 16.6. The van der Waals surface area contributed by atoms with E-state index in [4.69, 9.17) is 0 Å². The van der Waals surface area contributed by atoms with E-state index in [9.17, 15) is 0 Å². The highest BCUT2D eigenvalue weighted by Gasteiger charge is 2.16. The number of halogens is 1. The molecule has 0 aliphatic carbocycles. The molecule has 0 saturated carbocycles. The van der Waals surface area contributed by atoms with Crippen LogP contribution in [0.4, 0.5) is 0 Å². The van der Waals surface area contributed by atoms with Gasteiger partial charge in [-0.1, -0.05) is 0 Å². The molecule has 23 heavy (non-hydrogen) atoms. The molecule has 126 valence electrons. The monoisotopic (exact) mass is 446 g/mol. The van der Waals surface area contributed by atoms with Gasteiger partial charge in [-0.15, -0.1) is 45.5 Å². The van der Waals surface area contributed by atoms with Gasteiger partial charge in [-0.25, -0.2) is 4.99 Å². The smallest absolute Gasteiger partial charge is 0.191 e. The third kappa shape index (κ3) is 4.43. The van der Waals surface area contributed by atoms with E-state index in [1.54, 1.807) is 11.3 Å². The van der Waals surface area contributed by atoms with E-state index in [0.717, 1.165) is 50.1 Å². The lowest BCUT2D eigenvalue weighted by molar-refractivity contribution is 0.684. The maximum atomic E-state index is 4.64. The van der Waals surface area contributed by atoms with Crippen LogP contribution >= 0.6 is 35.3 Å². The van der Waals surface area contributed by atoms with Gasteiger partial charge in [0, 0.05) is 24.4 Å². The van der Waals surface area contributed by atoms with Crippen molar-refractivity contribution in [3.05, 3.63) is 33.5 Å². The predicted octanol–water partition coefficient (Wildman–Crippen LogP) is 2.47. The number of thiophene rings is 1. The Morgan fingerprint density at radius 3 is 3.00 bits per heavy atom. The second kappa shape index (κ2) is 8.62. The zero-order chi connectivity index (χ0) is 15.4. The highest BCUT2D eigenvalue weighted by molar-refractivity contribution is 14.0. The predicted molar refractivity (Wildman–Crippen MR) is 104 cm³/mol. The van der Waals surface area contributed by atoms with Crippen molar-refractivity contribution in [3.63, 3.8) is 0 Å². The molecule has 0 fully saturated rings. The van der Waals surface area contributed by atoms with Crippen molar-refractivity contribution in [2.24, 2.45) is 4.99 Å². The maximum absolute atomic E-state index is 4.64. The van der Waals surface area contributed by atoms with Crippen LogP contribution in [-0.2, 0) is 26.1 Å². The fraction of sp³-hybridized carbons (Fsp3) is 0.533. The average Bonchev–Trinajstić information content (AvgIpc) is 3.20. The van der Waals surface area contributed by atoms with Gasteiger partial charge in [-0.3, -0.25) is 0 Å². The summed E-state index contributed by atoms with van der Waals surface area (Å²) in [7, 11) is 0. The van der Waals surface area contributed by atoms with Crippen molar-refractivity contribution in [2.75, 3.05) is 6.54 Å². The summed E-state index contributed by atoms with van der Waals surface area (Å²) in [5, 5.41) is 17.3. The minimum absolute atomic E-state index is 0. The van der Waals surface area contributed by atoms with Crippen LogP contribution < -0.4 is 10.6 Å². The molecular weight excluding hydrogens is 423 g/mol. The molecule has 0 saturated heterocycles. The van der Waals surface area contributed by atoms with Crippen molar-refractivity contribution < 1.29 is 0 Å². The third-order valence-electron chi connectivity index (χ3n) is 3.79. The van der Waals surface area contributed by atoms with Crippen LogP contribution in [0, 0.1) is 6.92 Å². The molecule has 2 aromatic rings. The average molecular weight is 446 g/mol. The van der Waals surface area contributed by atoms with Crippen LogP contribution in [0.3, 0.4) is 0 Å². The molecule has 0 radical (unpaired) electrons. The molecule has 0 unspecified atom stereocenters. The van der Waals surface area contributed by atoms with E-state index >= 15 is 0 Å². The van der Waals surface area contributed by atoms with Crippen molar-refractivity contribution in [2.45, 2.75) is 46.3 Å². The van der Waals surface area contributed by atoms with E-state index < -0.39 is 0 Å². The first-order valence-corrected chi connectivity index (χ1v) is 8.62. The second-order valence-electron chi connectivity index (χ2n) is 5.36. The summed E-state index contributed by atoms with van der Waals surface area (Å²) >= 11 is 1.77. The number of fused-ring (bicyclic) bond motifs is 1. The number of nitrogens with zero attached hydrogens (tertiary/aromatic N) is 4. The Hall–Kier alpha value is -1.16. The number of rotatable bonds is 5. The molecule has 1 aliphatic heterocycles. The molecule has 0 amide bonds. The molecule has 0 aromatic carbocycles. The Labute approximate surface area is 157 Å². The lowest BCUT2D eigenvalue weighted by atomic mass is 10.3. The summed E-state index contributed by atoms with van der Waals surface area (Å²) in [6, 6.07) is 2.14. The molecular formula is C15H23IN6S. The number of aliphatic imine (C=N–C) groups is 1. The number of hydrogen-bond acceptors (Lipinski definition) is 4. The SMILES string of the molecule is CCNC(=NCc1nnc2n1CCC2)NCc1sccc1C.I. The van der Waals surface area contributed by atoms with Crippen LogP contribution in [0.2, 0.25) is 0 Å². The number of aromatic nitrogens is 3. The van der Waals surface area contributed by atoms with Gasteiger partial charge < -0.3 is 15.2 Å². The van der Waals surface area contributed by atoms with Gasteiger partial charge in [0.1, 0.15) is 12.4 Å². The topological polar surface area (TPSA) is 67.1 Å². The molecule has 2 N–H and O–H groups in total. The Balaban J connectivity index is 0.00000192. The molecule has 0 atom stereocenters. The summed E-state index contributed by atoms with van der Waals surface area (Å²) in [5.41, 5.74) is 1.32. The van der Waals surface area contributed by atoms with Crippen molar-refractivity contribution in [1.82, 2.24) is 25.4 Å². The quantitative estimate of drug-likeness (QED) is 0.421. The van der Waals surface area contributed by atoms with Crippen LogP contribution in [0.5, 0.6) is 0 Å². The second-order valence-corrected chi connectivity index (χ2v) is 6.36. The summed E-state index contributed by atoms with van der Waals surface area (Å²) in [4.78, 5) is 5.98.